The topological polar surface area (TPSA) is 91.3 Å². The quantitative estimate of drug-likeness (QED) is 0.0456. The number of rotatable bonds is 28. The summed E-state index contributed by atoms with van der Waals surface area (Å²) >= 11 is 0. The summed E-state index contributed by atoms with van der Waals surface area (Å²) in [6.45, 7) is 5.56. The molecule has 228 valence electrons. The molecular weight excluding hydrogens is 505 g/mol. The van der Waals surface area contributed by atoms with Crippen LogP contribution in [-0.2, 0) is 27.9 Å². The minimum Gasteiger partial charge on any atom is -0.457 e. The molecule has 0 aromatic heterocycles. The van der Waals surface area contributed by atoms with Crippen molar-refractivity contribution in [1.29, 1.82) is 0 Å². The Balaban J connectivity index is 4.39. The highest BCUT2D eigenvalue weighted by Gasteiger charge is 2.26. The van der Waals surface area contributed by atoms with Crippen LogP contribution in [0.5, 0.6) is 0 Å². The third-order valence-corrected chi connectivity index (χ3v) is 7.40. The lowest BCUT2D eigenvalue weighted by Gasteiger charge is -2.24. The molecule has 0 aromatic rings. The van der Waals surface area contributed by atoms with Crippen molar-refractivity contribution in [2.45, 2.75) is 129 Å². The Bertz CT molecular complexity index is 598. The molecule has 0 fully saturated rings. The Kier molecular flexibility index (Phi) is 24.0. The normalized spacial score (nSPS) is 14.4. The van der Waals surface area contributed by atoms with E-state index in [0.717, 1.165) is 32.1 Å². The number of likely N-dealkylation sites (N-methyl/N-ethyl adjacent to an activating group) is 1. The van der Waals surface area contributed by atoms with Crippen molar-refractivity contribution in [3.63, 3.8) is 0 Å². The van der Waals surface area contributed by atoms with Gasteiger partial charge in [-0.3, -0.25) is 13.8 Å². The number of phosphoric acid groups is 1. The minimum atomic E-state index is -4.24. The van der Waals surface area contributed by atoms with E-state index < -0.39 is 13.9 Å². The predicted octanol–water partition coefficient (Wildman–Crippen LogP) is 7.43. The molecule has 0 rings (SSSR count). The zero-order valence-corrected chi connectivity index (χ0v) is 26.3. The maximum absolute atomic E-state index is 12.4. The van der Waals surface area contributed by atoms with E-state index >= 15 is 0 Å². The zero-order chi connectivity index (χ0) is 28.5. The molecule has 0 spiro atoms. The molecule has 2 atom stereocenters. The molecule has 0 heterocycles. The van der Waals surface area contributed by atoms with Gasteiger partial charge in [-0.05, 0) is 12.8 Å². The molecule has 0 aliphatic heterocycles. The van der Waals surface area contributed by atoms with Crippen molar-refractivity contribution in [3.05, 3.63) is 0 Å². The van der Waals surface area contributed by atoms with Crippen LogP contribution in [0.15, 0.2) is 0 Å². The van der Waals surface area contributed by atoms with Crippen molar-refractivity contribution >= 4 is 13.8 Å². The van der Waals surface area contributed by atoms with Crippen molar-refractivity contribution in [2.24, 2.45) is 0 Å². The van der Waals surface area contributed by atoms with Gasteiger partial charge in [0, 0.05) is 13.0 Å². The average molecular weight is 567 g/mol. The van der Waals surface area contributed by atoms with E-state index in [-0.39, 0.29) is 25.8 Å². The van der Waals surface area contributed by atoms with E-state index in [4.69, 9.17) is 18.5 Å². The molecule has 0 saturated heterocycles. The van der Waals surface area contributed by atoms with E-state index in [1.807, 2.05) is 21.1 Å². The van der Waals surface area contributed by atoms with Crippen LogP contribution >= 0.6 is 7.82 Å². The van der Waals surface area contributed by atoms with Crippen LogP contribution in [0.2, 0.25) is 0 Å². The molecular formula is C29H61NO7P+. The molecule has 9 heteroatoms. The second-order valence-electron chi connectivity index (χ2n) is 11.5. The second-order valence-corrected chi connectivity index (χ2v) is 13.0. The molecule has 0 amide bonds. The molecule has 0 aliphatic carbocycles. The van der Waals surface area contributed by atoms with E-state index in [1.54, 1.807) is 0 Å². The third kappa shape index (κ3) is 27.1. The van der Waals surface area contributed by atoms with Gasteiger partial charge in [0.25, 0.3) is 0 Å². The Hall–Kier alpha value is -0.500. The van der Waals surface area contributed by atoms with Crippen molar-refractivity contribution < 1.29 is 37.3 Å². The van der Waals surface area contributed by atoms with Crippen LogP contribution in [0.25, 0.3) is 0 Å². The second kappa shape index (κ2) is 24.3. The smallest absolute Gasteiger partial charge is 0.457 e. The maximum atomic E-state index is 12.4. The van der Waals surface area contributed by atoms with Crippen LogP contribution < -0.4 is 0 Å². The molecule has 0 aromatic carbocycles. The van der Waals surface area contributed by atoms with Gasteiger partial charge in [-0.2, -0.15) is 0 Å². The number of nitrogens with zero attached hydrogens (tertiary/aromatic N) is 1. The summed E-state index contributed by atoms with van der Waals surface area (Å²) in [5.74, 6) is -0.320. The van der Waals surface area contributed by atoms with Crippen LogP contribution in [0.3, 0.4) is 0 Å². The van der Waals surface area contributed by atoms with Crippen LogP contribution in [-0.4, -0.2) is 75.6 Å². The summed E-state index contributed by atoms with van der Waals surface area (Å²) in [7, 11) is 1.67. The lowest BCUT2D eigenvalue weighted by atomic mass is 10.1. The summed E-state index contributed by atoms with van der Waals surface area (Å²) in [4.78, 5) is 22.5. The highest BCUT2D eigenvalue weighted by Crippen LogP contribution is 2.43. The highest BCUT2D eigenvalue weighted by atomic mass is 31.2. The minimum absolute atomic E-state index is 0.0924. The van der Waals surface area contributed by atoms with Gasteiger partial charge in [-0.25, -0.2) is 4.57 Å². The van der Waals surface area contributed by atoms with Gasteiger partial charge in [-0.15, -0.1) is 0 Å². The van der Waals surface area contributed by atoms with Gasteiger partial charge in [0.1, 0.15) is 19.3 Å². The summed E-state index contributed by atoms with van der Waals surface area (Å²) in [5, 5.41) is 0. The molecule has 0 radical (unpaired) electrons. The molecule has 2 unspecified atom stereocenters. The SMILES string of the molecule is CCCCCCCCCCCC(=O)OC(COCCCCCCCCC)COP(=O)(O)OCC[N+](C)(C)C. The van der Waals surface area contributed by atoms with Crippen LogP contribution in [0.4, 0.5) is 0 Å². The zero-order valence-electron chi connectivity index (χ0n) is 25.4. The Morgan fingerprint density at radius 3 is 1.74 bits per heavy atom. The Morgan fingerprint density at radius 1 is 0.711 bits per heavy atom. The van der Waals surface area contributed by atoms with E-state index in [2.05, 4.69) is 13.8 Å². The number of phosphoric ester groups is 1. The number of unbranched alkanes of at least 4 members (excludes halogenated alkanes) is 14. The van der Waals surface area contributed by atoms with Crippen LogP contribution in [0, 0.1) is 0 Å². The monoisotopic (exact) mass is 566 g/mol. The van der Waals surface area contributed by atoms with Gasteiger partial charge in [-0.1, -0.05) is 104 Å². The number of carbonyl (C=O) groups excluding carboxylic acids is 1. The lowest BCUT2D eigenvalue weighted by molar-refractivity contribution is -0.870. The molecule has 0 saturated carbocycles. The first-order valence-electron chi connectivity index (χ1n) is 15.3. The van der Waals surface area contributed by atoms with E-state index in [9.17, 15) is 14.3 Å². The fraction of sp³-hybridized carbons (Fsp3) is 0.966. The van der Waals surface area contributed by atoms with Crippen LogP contribution in [0.1, 0.15) is 123 Å². The van der Waals surface area contributed by atoms with Gasteiger partial charge in [0.2, 0.25) is 0 Å². The fourth-order valence-electron chi connectivity index (χ4n) is 3.96. The van der Waals surface area contributed by atoms with E-state index in [1.165, 1.54) is 70.6 Å². The number of ether oxygens (including phenoxy) is 2. The van der Waals surface area contributed by atoms with Crippen molar-refractivity contribution in [1.82, 2.24) is 0 Å². The van der Waals surface area contributed by atoms with Gasteiger partial charge < -0.3 is 18.9 Å². The van der Waals surface area contributed by atoms with Gasteiger partial charge >= 0.3 is 13.8 Å². The van der Waals surface area contributed by atoms with Crippen molar-refractivity contribution in [2.75, 3.05) is 54.1 Å². The third-order valence-electron chi connectivity index (χ3n) is 6.42. The first-order chi connectivity index (χ1) is 18.1. The predicted molar refractivity (Wildman–Crippen MR) is 155 cm³/mol. The number of hydrogen-bond donors (Lipinski definition) is 1. The number of hydrogen-bond acceptors (Lipinski definition) is 6. The summed E-state index contributed by atoms with van der Waals surface area (Å²) in [6.07, 6.45) is 18.5. The first-order valence-corrected chi connectivity index (χ1v) is 16.8. The highest BCUT2D eigenvalue weighted by molar-refractivity contribution is 7.47. The fourth-order valence-corrected chi connectivity index (χ4v) is 4.70. The molecule has 8 nitrogen and oxygen atoms in total. The van der Waals surface area contributed by atoms with E-state index in [0.29, 0.717) is 24.1 Å². The van der Waals surface area contributed by atoms with Gasteiger partial charge in [0.05, 0.1) is 34.4 Å². The molecule has 0 aliphatic rings. The lowest BCUT2D eigenvalue weighted by Crippen LogP contribution is -2.37. The van der Waals surface area contributed by atoms with Gasteiger partial charge in [0.15, 0.2) is 0 Å². The summed E-state index contributed by atoms with van der Waals surface area (Å²) in [5.41, 5.74) is 0. The molecule has 0 bridgehead atoms. The molecule has 38 heavy (non-hydrogen) atoms. The Labute approximate surface area is 234 Å². The Morgan fingerprint density at radius 2 is 1.21 bits per heavy atom. The first kappa shape index (κ1) is 37.5. The average Bonchev–Trinajstić information content (AvgIpc) is 2.84. The maximum Gasteiger partial charge on any atom is 0.472 e. The summed E-state index contributed by atoms with van der Waals surface area (Å²) < 4.78 is 34.5. The number of quaternary nitrogens is 1. The number of esters is 1. The van der Waals surface area contributed by atoms with Crippen molar-refractivity contribution in [3.8, 4) is 0 Å². The summed E-state index contributed by atoms with van der Waals surface area (Å²) in [6, 6.07) is 0. The molecule has 1 N–H and O–H groups in total. The standard InChI is InChI=1S/C29H60NO7P/c1-6-8-10-12-14-15-16-18-20-22-29(31)37-28(26-34-24-21-19-17-13-11-9-7-2)27-36-38(32,33)35-25-23-30(3,4)5/h28H,6-27H2,1-5H3/p+1. The largest absolute Gasteiger partial charge is 0.472 e. The number of carbonyl (C=O) groups is 1.